The van der Waals surface area contributed by atoms with E-state index in [0.29, 0.717) is 5.89 Å². The van der Waals surface area contributed by atoms with Gasteiger partial charge in [-0.3, -0.25) is 0 Å². The molecule has 0 fully saturated rings. The Labute approximate surface area is 115 Å². The molecule has 0 aliphatic heterocycles. The van der Waals surface area contributed by atoms with E-state index in [0.717, 1.165) is 24.2 Å². The lowest BCUT2D eigenvalue weighted by Crippen LogP contribution is -2.35. The molecule has 102 valence electrons. The van der Waals surface area contributed by atoms with Crippen LogP contribution in [-0.2, 0) is 13.0 Å². The van der Waals surface area contributed by atoms with Crippen molar-refractivity contribution in [3.05, 3.63) is 41.8 Å². The highest BCUT2D eigenvalue weighted by atomic mass is 16.3. The van der Waals surface area contributed by atoms with Crippen molar-refractivity contribution in [1.29, 1.82) is 0 Å². The quantitative estimate of drug-likeness (QED) is 0.906. The van der Waals surface area contributed by atoms with Crippen molar-refractivity contribution in [1.82, 2.24) is 10.3 Å². The summed E-state index contributed by atoms with van der Waals surface area (Å²) in [4.78, 5) is 4.56. The molecule has 0 unspecified atom stereocenters. The zero-order valence-electron chi connectivity index (χ0n) is 12.2. The van der Waals surface area contributed by atoms with Crippen LogP contribution < -0.4 is 5.32 Å². The lowest BCUT2D eigenvalue weighted by molar-refractivity contribution is 0.421. The number of rotatable bonds is 4. The van der Waals surface area contributed by atoms with E-state index >= 15 is 0 Å². The number of aryl methyl sites for hydroxylation is 1. The Kier molecular flexibility index (Phi) is 4.05. The SMILES string of the molecule is CCc1ccccc1-c1nc(CNC(C)(C)C)co1. The molecule has 0 spiro atoms. The van der Waals surface area contributed by atoms with Crippen LogP contribution in [0.3, 0.4) is 0 Å². The summed E-state index contributed by atoms with van der Waals surface area (Å²) in [5, 5.41) is 3.41. The van der Waals surface area contributed by atoms with E-state index in [2.05, 4.69) is 50.1 Å². The highest BCUT2D eigenvalue weighted by Crippen LogP contribution is 2.23. The first-order valence-corrected chi connectivity index (χ1v) is 6.77. The first-order valence-electron chi connectivity index (χ1n) is 6.77. The summed E-state index contributed by atoms with van der Waals surface area (Å²) in [6, 6.07) is 8.25. The maximum atomic E-state index is 5.61. The molecular formula is C16H22N2O. The molecule has 1 aromatic carbocycles. The first kappa shape index (κ1) is 13.8. The van der Waals surface area contributed by atoms with E-state index in [1.165, 1.54) is 5.56 Å². The van der Waals surface area contributed by atoms with Crippen molar-refractivity contribution >= 4 is 0 Å². The summed E-state index contributed by atoms with van der Waals surface area (Å²) in [5.74, 6) is 0.711. The molecule has 0 atom stereocenters. The molecule has 2 rings (SSSR count). The second-order valence-corrected chi connectivity index (χ2v) is 5.76. The number of oxazole rings is 1. The molecule has 3 nitrogen and oxygen atoms in total. The lowest BCUT2D eigenvalue weighted by atomic mass is 10.1. The minimum absolute atomic E-state index is 0.0838. The molecule has 0 bridgehead atoms. The van der Waals surface area contributed by atoms with Crippen molar-refractivity contribution in [2.24, 2.45) is 0 Å². The van der Waals surface area contributed by atoms with Gasteiger partial charge >= 0.3 is 0 Å². The Morgan fingerprint density at radius 2 is 1.95 bits per heavy atom. The zero-order chi connectivity index (χ0) is 13.9. The Bertz CT molecular complexity index is 538. The number of nitrogens with one attached hydrogen (secondary N) is 1. The molecule has 0 amide bonds. The molecule has 1 heterocycles. The molecule has 1 aromatic heterocycles. The summed E-state index contributed by atoms with van der Waals surface area (Å²) in [6.45, 7) is 9.28. The number of nitrogens with zero attached hydrogens (tertiary/aromatic N) is 1. The fourth-order valence-electron chi connectivity index (χ4n) is 1.90. The molecule has 19 heavy (non-hydrogen) atoms. The van der Waals surface area contributed by atoms with E-state index in [-0.39, 0.29) is 5.54 Å². The van der Waals surface area contributed by atoms with Gasteiger partial charge in [0.1, 0.15) is 6.26 Å². The summed E-state index contributed by atoms with van der Waals surface area (Å²) >= 11 is 0. The minimum atomic E-state index is 0.0838. The fourth-order valence-corrected chi connectivity index (χ4v) is 1.90. The Hall–Kier alpha value is -1.61. The number of aromatic nitrogens is 1. The fraction of sp³-hybridized carbons (Fsp3) is 0.438. The molecular weight excluding hydrogens is 236 g/mol. The van der Waals surface area contributed by atoms with Gasteiger partial charge in [-0.15, -0.1) is 0 Å². The third-order valence-corrected chi connectivity index (χ3v) is 2.98. The molecule has 0 aliphatic rings. The maximum Gasteiger partial charge on any atom is 0.226 e. The van der Waals surface area contributed by atoms with Gasteiger partial charge in [-0.25, -0.2) is 4.98 Å². The van der Waals surface area contributed by atoms with E-state index < -0.39 is 0 Å². The molecule has 0 radical (unpaired) electrons. The van der Waals surface area contributed by atoms with Crippen molar-refractivity contribution in [2.45, 2.75) is 46.2 Å². The molecule has 0 aliphatic carbocycles. The van der Waals surface area contributed by atoms with Gasteiger partial charge in [0.05, 0.1) is 5.69 Å². The normalized spacial score (nSPS) is 11.8. The highest BCUT2D eigenvalue weighted by molar-refractivity contribution is 5.58. The summed E-state index contributed by atoms with van der Waals surface area (Å²) in [7, 11) is 0. The van der Waals surface area contributed by atoms with E-state index in [4.69, 9.17) is 4.42 Å². The van der Waals surface area contributed by atoms with Crippen molar-refractivity contribution < 1.29 is 4.42 Å². The van der Waals surface area contributed by atoms with E-state index in [9.17, 15) is 0 Å². The van der Waals surface area contributed by atoms with Gasteiger partial charge in [-0.1, -0.05) is 25.1 Å². The van der Waals surface area contributed by atoms with Crippen LogP contribution in [0.15, 0.2) is 34.9 Å². The van der Waals surface area contributed by atoms with Gasteiger partial charge in [-0.2, -0.15) is 0 Å². The third-order valence-electron chi connectivity index (χ3n) is 2.98. The van der Waals surface area contributed by atoms with Gasteiger partial charge in [0.2, 0.25) is 5.89 Å². The average Bonchev–Trinajstić information content (AvgIpc) is 2.84. The largest absolute Gasteiger partial charge is 0.444 e. The van der Waals surface area contributed by atoms with Crippen LogP contribution in [0.5, 0.6) is 0 Å². The Balaban J connectivity index is 2.17. The third kappa shape index (κ3) is 3.67. The smallest absolute Gasteiger partial charge is 0.226 e. The second kappa shape index (κ2) is 5.57. The van der Waals surface area contributed by atoms with Gasteiger partial charge in [0.25, 0.3) is 0 Å². The maximum absolute atomic E-state index is 5.61. The Morgan fingerprint density at radius 3 is 2.63 bits per heavy atom. The summed E-state index contributed by atoms with van der Waals surface area (Å²) in [5.41, 5.74) is 3.38. The first-order chi connectivity index (χ1) is 8.99. The highest BCUT2D eigenvalue weighted by Gasteiger charge is 2.13. The van der Waals surface area contributed by atoms with Crippen molar-refractivity contribution in [3.8, 4) is 11.5 Å². The van der Waals surface area contributed by atoms with Crippen molar-refractivity contribution in [3.63, 3.8) is 0 Å². The molecule has 2 aromatic rings. The standard InChI is InChI=1S/C16H22N2O/c1-5-12-8-6-7-9-14(12)15-18-13(11-19-15)10-17-16(2,3)4/h6-9,11,17H,5,10H2,1-4H3. The van der Waals surface area contributed by atoms with Crippen molar-refractivity contribution in [2.75, 3.05) is 0 Å². The van der Waals surface area contributed by atoms with Crippen LogP contribution in [0.25, 0.3) is 11.5 Å². The predicted octanol–water partition coefficient (Wildman–Crippen LogP) is 3.79. The van der Waals surface area contributed by atoms with Gasteiger partial charge in [0.15, 0.2) is 0 Å². The topological polar surface area (TPSA) is 38.1 Å². The number of hydrogen-bond acceptors (Lipinski definition) is 3. The van der Waals surface area contributed by atoms with Crippen LogP contribution in [0.2, 0.25) is 0 Å². The van der Waals surface area contributed by atoms with E-state index in [1.807, 2.05) is 12.1 Å². The van der Waals surface area contributed by atoms with Gasteiger partial charge in [-0.05, 0) is 38.8 Å². The van der Waals surface area contributed by atoms with E-state index in [1.54, 1.807) is 6.26 Å². The second-order valence-electron chi connectivity index (χ2n) is 5.76. The summed E-state index contributed by atoms with van der Waals surface area (Å²) in [6.07, 6.45) is 2.72. The molecule has 1 N–H and O–H groups in total. The number of benzene rings is 1. The van der Waals surface area contributed by atoms with Gasteiger partial charge < -0.3 is 9.73 Å². The minimum Gasteiger partial charge on any atom is -0.444 e. The van der Waals surface area contributed by atoms with Crippen LogP contribution in [0, 0.1) is 0 Å². The average molecular weight is 258 g/mol. The van der Waals surface area contributed by atoms with Crippen LogP contribution in [0.4, 0.5) is 0 Å². The zero-order valence-corrected chi connectivity index (χ0v) is 12.2. The van der Waals surface area contributed by atoms with Crippen LogP contribution in [0.1, 0.15) is 39.0 Å². The predicted molar refractivity (Wildman–Crippen MR) is 77.9 cm³/mol. The molecule has 3 heteroatoms. The molecule has 0 saturated carbocycles. The van der Waals surface area contributed by atoms with Gasteiger partial charge in [0, 0.05) is 17.6 Å². The monoisotopic (exact) mass is 258 g/mol. The van der Waals surface area contributed by atoms with Crippen LogP contribution in [-0.4, -0.2) is 10.5 Å². The Morgan fingerprint density at radius 1 is 1.21 bits per heavy atom. The summed E-state index contributed by atoms with van der Waals surface area (Å²) < 4.78 is 5.61. The lowest BCUT2D eigenvalue weighted by Gasteiger charge is -2.19. The van der Waals surface area contributed by atoms with Crippen LogP contribution >= 0.6 is 0 Å². The number of hydrogen-bond donors (Lipinski definition) is 1. The molecule has 0 saturated heterocycles.